The number of aliphatic hydroxyl groups excluding tert-OH is 2. The van der Waals surface area contributed by atoms with Gasteiger partial charge in [0.1, 0.15) is 28.6 Å². The summed E-state index contributed by atoms with van der Waals surface area (Å²) in [5.41, 5.74) is 0.537. The topological polar surface area (TPSA) is 117 Å². The first-order valence-corrected chi connectivity index (χ1v) is 11.2. The van der Waals surface area contributed by atoms with Crippen molar-refractivity contribution in [1.82, 2.24) is 0 Å². The number of benzene rings is 2. The summed E-state index contributed by atoms with van der Waals surface area (Å²) < 4.78 is 11.3. The summed E-state index contributed by atoms with van der Waals surface area (Å²) in [6.45, 7) is 8.97. The molecule has 2 atom stereocenters. The molecule has 1 aliphatic rings. The zero-order valence-electron chi connectivity index (χ0n) is 19.7. The maximum atomic E-state index is 13.1. The Morgan fingerprint density at radius 3 is 2.21 bits per heavy atom. The summed E-state index contributed by atoms with van der Waals surface area (Å²) in [5, 5.41) is 33.4. The smallest absolute Gasteiger partial charge is 0.344 e. The summed E-state index contributed by atoms with van der Waals surface area (Å²) in [7, 11) is 0. The molecule has 3 N–H and O–H groups in total. The van der Waals surface area contributed by atoms with Gasteiger partial charge in [0.05, 0.1) is 28.0 Å². The third kappa shape index (κ3) is 3.66. The monoisotopic (exact) mass is 464 g/mol. The van der Waals surface area contributed by atoms with Crippen LogP contribution in [-0.4, -0.2) is 27.4 Å². The number of ketones is 1. The summed E-state index contributed by atoms with van der Waals surface area (Å²) in [6, 6.07) is 10.3. The number of carbonyl (C=O) groups excluding carboxylic acids is 1. The average Bonchev–Trinajstić information content (AvgIpc) is 2.76. The van der Waals surface area contributed by atoms with E-state index in [9.17, 15) is 24.9 Å². The highest BCUT2D eigenvalue weighted by Gasteiger charge is 2.40. The van der Waals surface area contributed by atoms with Crippen LogP contribution >= 0.6 is 0 Å². The lowest BCUT2D eigenvalue weighted by atomic mass is 9.83. The Hall–Kier alpha value is -3.58. The third-order valence-corrected chi connectivity index (χ3v) is 6.29. The van der Waals surface area contributed by atoms with Gasteiger partial charge < -0.3 is 24.5 Å². The number of aromatic hydroxyl groups is 1. The number of hydrogen-bond acceptors (Lipinski definition) is 7. The molecule has 3 aromatic rings. The fraction of sp³-hybridized carbons (Fsp3) is 0.333. The van der Waals surface area contributed by atoms with Gasteiger partial charge in [-0.05, 0) is 42.0 Å². The Balaban J connectivity index is 2.00. The molecule has 178 valence electrons. The van der Waals surface area contributed by atoms with Crippen molar-refractivity contribution in [3.8, 4) is 11.5 Å². The Morgan fingerprint density at radius 2 is 1.59 bits per heavy atom. The van der Waals surface area contributed by atoms with E-state index in [1.165, 1.54) is 6.92 Å². The Kier molecular flexibility index (Phi) is 6.00. The quantitative estimate of drug-likeness (QED) is 0.450. The van der Waals surface area contributed by atoms with Gasteiger partial charge in [-0.2, -0.15) is 0 Å². The van der Waals surface area contributed by atoms with Crippen LogP contribution in [0.4, 0.5) is 0 Å². The first-order chi connectivity index (χ1) is 16.0. The van der Waals surface area contributed by atoms with Crippen molar-refractivity contribution in [2.24, 2.45) is 0 Å². The summed E-state index contributed by atoms with van der Waals surface area (Å²) in [4.78, 5) is 25.9. The number of hydrogen-bond donors (Lipinski definition) is 3. The molecule has 0 spiro atoms. The van der Waals surface area contributed by atoms with E-state index in [4.69, 9.17) is 9.15 Å². The van der Waals surface area contributed by atoms with Gasteiger partial charge in [-0.3, -0.25) is 4.79 Å². The van der Waals surface area contributed by atoms with Gasteiger partial charge in [0.2, 0.25) is 6.29 Å². The van der Waals surface area contributed by atoms with Crippen LogP contribution in [0.1, 0.15) is 74.6 Å². The molecule has 7 nitrogen and oxygen atoms in total. The molecule has 2 heterocycles. The van der Waals surface area contributed by atoms with E-state index >= 15 is 0 Å². The van der Waals surface area contributed by atoms with Gasteiger partial charge in [-0.1, -0.05) is 52.0 Å². The largest absolute Gasteiger partial charge is 0.507 e. The first-order valence-electron chi connectivity index (χ1n) is 11.2. The highest BCUT2D eigenvalue weighted by molar-refractivity contribution is 5.94. The summed E-state index contributed by atoms with van der Waals surface area (Å²) >= 11 is 0. The number of carbonyl (C=O) groups is 1. The highest BCUT2D eigenvalue weighted by Crippen LogP contribution is 2.45. The lowest BCUT2D eigenvalue weighted by molar-refractivity contribution is -0.118. The second kappa shape index (κ2) is 8.65. The zero-order valence-corrected chi connectivity index (χ0v) is 19.7. The normalized spacial score (nSPS) is 16.6. The molecule has 1 aromatic heterocycles. The number of ether oxygens (including phenoxy) is 1. The molecule has 0 saturated carbocycles. The third-order valence-electron chi connectivity index (χ3n) is 6.29. The SMILES string of the molecule is CC(=O)C(C1=C(O)c2cccc(C(C)C)c2OC1O)c1c(O)c2cccc(C(C)C)c2oc1=O. The van der Waals surface area contributed by atoms with E-state index in [0.717, 1.165) is 11.1 Å². The van der Waals surface area contributed by atoms with Gasteiger partial charge in [-0.15, -0.1) is 0 Å². The molecule has 34 heavy (non-hydrogen) atoms. The van der Waals surface area contributed by atoms with E-state index in [2.05, 4.69) is 0 Å². The number of rotatable bonds is 5. The number of aliphatic hydroxyl groups is 2. The lowest BCUT2D eigenvalue weighted by Gasteiger charge is -2.31. The molecule has 4 rings (SSSR count). The maximum absolute atomic E-state index is 13.1. The van der Waals surface area contributed by atoms with Crippen LogP contribution in [0.5, 0.6) is 11.5 Å². The number of Topliss-reactive ketones (excluding diaryl/α,β-unsaturated/α-hetero) is 1. The number of para-hydroxylation sites is 2. The molecule has 0 amide bonds. The fourth-order valence-electron chi connectivity index (χ4n) is 4.59. The van der Waals surface area contributed by atoms with Crippen molar-refractivity contribution in [2.75, 3.05) is 0 Å². The van der Waals surface area contributed by atoms with Crippen molar-refractivity contribution >= 4 is 22.5 Å². The van der Waals surface area contributed by atoms with Crippen LogP contribution in [0.15, 0.2) is 51.2 Å². The van der Waals surface area contributed by atoms with Crippen molar-refractivity contribution in [1.29, 1.82) is 0 Å². The maximum Gasteiger partial charge on any atom is 0.344 e. The Bertz CT molecular complexity index is 1380. The number of fused-ring (bicyclic) bond motifs is 2. The van der Waals surface area contributed by atoms with Gasteiger partial charge in [-0.25, -0.2) is 4.79 Å². The predicted molar refractivity (Wildman–Crippen MR) is 128 cm³/mol. The van der Waals surface area contributed by atoms with E-state index in [-0.39, 0.29) is 39.7 Å². The Labute approximate surface area is 196 Å². The molecule has 2 aromatic carbocycles. The second-order valence-corrected chi connectivity index (χ2v) is 9.23. The van der Waals surface area contributed by atoms with Gasteiger partial charge >= 0.3 is 5.63 Å². The van der Waals surface area contributed by atoms with Crippen molar-refractivity contribution in [2.45, 2.75) is 58.7 Å². The van der Waals surface area contributed by atoms with E-state index in [1.807, 2.05) is 33.8 Å². The molecular formula is C27H28O7. The van der Waals surface area contributed by atoms with Crippen LogP contribution in [0.2, 0.25) is 0 Å². The average molecular weight is 465 g/mol. The second-order valence-electron chi connectivity index (χ2n) is 9.23. The molecular weight excluding hydrogens is 436 g/mol. The molecule has 2 unspecified atom stereocenters. The first kappa shape index (κ1) is 23.6. The lowest BCUT2D eigenvalue weighted by Crippen LogP contribution is -2.33. The van der Waals surface area contributed by atoms with E-state index in [0.29, 0.717) is 11.3 Å². The molecule has 0 radical (unpaired) electrons. The van der Waals surface area contributed by atoms with E-state index < -0.39 is 29.4 Å². The molecule has 1 aliphatic heterocycles. The standard InChI is InChI=1S/C27H28O7/c1-12(2)15-8-6-10-17-22(29)20(26(31)33-24(15)17)19(14(5)28)21-23(30)18-11-7-9-16(13(3)4)25(18)34-27(21)32/h6-13,19,26,29-31H,1-5H3. The van der Waals surface area contributed by atoms with Crippen LogP contribution < -0.4 is 10.4 Å². The minimum Gasteiger partial charge on any atom is -0.507 e. The molecule has 0 aliphatic carbocycles. The molecule has 0 bridgehead atoms. The van der Waals surface area contributed by atoms with Gasteiger partial charge in [0.25, 0.3) is 0 Å². The minimum absolute atomic E-state index is 0.0210. The van der Waals surface area contributed by atoms with Crippen molar-refractivity contribution in [3.63, 3.8) is 0 Å². The highest BCUT2D eigenvalue weighted by atomic mass is 16.6. The predicted octanol–water partition coefficient (Wildman–Crippen LogP) is 5.10. The molecule has 0 fully saturated rings. The van der Waals surface area contributed by atoms with Crippen LogP contribution in [-0.2, 0) is 4.79 Å². The van der Waals surface area contributed by atoms with Crippen molar-refractivity contribution in [3.05, 3.63) is 74.6 Å². The summed E-state index contributed by atoms with van der Waals surface area (Å²) in [6.07, 6.45) is -1.71. The van der Waals surface area contributed by atoms with Crippen LogP contribution in [0.3, 0.4) is 0 Å². The molecule has 0 saturated heterocycles. The Morgan fingerprint density at radius 1 is 0.971 bits per heavy atom. The van der Waals surface area contributed by atoms with Gasteiger partial charge in [0, 0.05) is 0 Å². The zero-order chi connectivity index (χ0) is 24.9. The molecule has 7 heteroatoms. The minimum atomic E-state index is -1.71. The van der Waals surface area contributed by atoms with Crippen molar-refractivity contribution < 1.29 is 29.3 Å². The van der Waals surface area contributed by atoms with Crippen LogP contribution in [0.25, 0.3) is 16.7 Å². The fourth-order valence-corrected chi connectivity index (χ4v) is 4.59. The van der Waals surface area contributed by atoms with Crippen LogP contribution in [0, 0.1) is 0 Å². The summed E-state index contributed by atoms with van der Waals surface area (Å²) in [5.74, 6) is -2.47. The van der Waals surface area contributed by atoms with Gasteiger partial charge in [0.15, 0.2) is 0 Å². The van der Waals surface area contributed by atoms with E-state index in [1.54, 1.807) is 30.3 Å².